The summed E-state index contributed by atoms with van der Waals surface area (Å²) in [7, 11) is 0. The maximum Gasteiger partial charge on any atom is 0.282 e. The van der Waals surface area contributed by atoms with E-state index in [9.17, 15) is 8.78 Å². The van der Waals surface area contributed by atoms with Gasteiger partial charge in [0.25, 0.3) is 5.92 Å². The summed E-state index contributed by atoms with van der Waals surface area (Å²) in [6.07, 6.45) is 0. The predicted octanol–water partition coefficient (Wildman–Crippen LogP) is 1.76. The first-order chi connectivity index (χ1) is 7.44. The molecule has 0 saturated carbocycles. The zero-order chi connectivity index (χ0) is 12.2. The Kier molecular flexibility index (Phi) is 4.46. The highest BCUT2D eigenvalue weighted by atomic mass is 35.5. The van der Waals surface area contributed by atoms with Gasteiger partial charge in [-0.25, -0.2) is 8.78 Å². The fraction of sp³-hybridized carbons (Fsp3) is 0.400. The van der Waals surface area contributed by atoms with Crippen molar-refractivity contribution in [3.05, 3.63) is 28.8 Å². The molecule has 0 heterocycles. The number of nitrogens with one attached hydrogen (secondary N) is 1. The summed E-state index contributed by atoms with van der Waals surface area (Å²) in [6, 6.07) is 4.45. The number of halogens is 3. The second-order valence-electron chi connectivity index (χ2n) is 3.40. The molecule has 0 spiro atoms. The highest BCUT2D eigenvalue weighted by molar-refractivity contribution is 6.32. The zero-order valence-electron chi connectivity index (χ0n) is 8.38. The van der Waals surface area contributed by atoms with Crippen LogP contribution in [0.2, 0.25) is 5.02 Å². The maximum absolute atomic E-state index is 12.6. The van der Waals surface area contributed by atoms with Crippen LogP contribution in [0.25, 0.3) is 0 Å². The van der Waals surface area contributed by atoms with Gasteiger partial charge in [0.1, 0.15) is 12.4 Å². The Bertz CT molecular complexity index is 361. The minimum Gasteiger partial charge on any atom is -0.506 e. The molecule has 0 aliphatic rings. The minimum atomic E-state index is -3.12. The number of hydrogen-bond acceptors (Lipinski definition) is 3. The van der Waals surface area contributed by atoms with Crippen molar-refractivity contribution in [2.45, 2.75) is 12.5 Å². The third-order valence-corrected chi connectivity index (χ3v) is 2.26. The molecule has 1 rings (SSSR count). The molecule has 0 radical (unpaired) electrons. The van der Waals surface area contributed by atoms with Crippen molar-refractivity contribution in [2.24, 2.45) is 0 Å². The molecule has 1 aromatic rings. The van der Waals surface area contributed by atoms with Crippen LogP contribution in [0.5, 0.6) is 5.75 Å². The van der Waals surface area contributed by atoms with Gasteiger partial charge in [-0.05, 0) is 17.7 Å². The van der Waals surface area contributed by atoms with E-state index < -0.39 is 19.1 Å². The average molecular weight is 252 g/mol. The van der Waals surface area contributed by atoms with E-state index in [4.69, 9.17) is 21.8 Å². The normalized spacial score (nSPS) is 11.8. The lowest BCUT2D eigenvalue weighted by Gasteiger charge is -2.14. The molecule has 0 fully saturated rings. The average Bonchev–Trinajstić information content (AvgIpc) is 2.23. The second kappa shape index (κ2) is 5.43. The van der Waals surface area contributed by atoms with Crippen molar-refractivity contribution >= 4 is 11.6 Å². The van der Waals surface area contributed by atoms with E-state index >= 15 is 0 Å². The van der Waals surface area contributed by atoms with E-state index in [-0.39, 0.29) is 17.3 Å². The second-order valence-corrected chi connectivity index (χ2v) is 3.81. The molecule has 0 amide bonds. The lowest BCUT2D eigenvalue weighted by atomic mass is 10.2. The van der Waals surface area contributed by atoms with Crippen LogP contribution in [0, 0.1) is 0 Å². The summed E-state index contributed by atoms with van der Waals surface area (Å²) < 4.78 is 25.2. The number of benzene rings is 1. The van der Waals surface area contributed by atoms with Gasteiger partial charge >= 0.3 is 0 Å². The Morgan fingerprint density at radius 3 is 2.62 bits per heavy atom. The quantitative estimate of drug-likeness (QED) is 0.748. The summed E-state index contributed by atoms with van der Waals surface area (Å²) in [5, 5.41) is 20.1. The molecule has 1 aromatic carbocycles. The van der Waals surface area contributed by atoms with Crippen LogP contribution < -0.4 is 5.32 Å². The monoisotopic (exact) mass is 251 g/mol. The van der Waals surface area contributed by atoms with E-state index in [2.05, 4.69) is 5.32 Å². The van der Waals surface area contributed by atoms with Crippen LogP contribution in [0.1, 0.15) is 5.56 Å². The molecule has 90 valence electrons. The van der Waals surface area contributed by atoms with E-state index in [0.29, 0.717) is 5.56 Å². The van der Waals surface area contributed by atoms with Crippen LogP contribution in [-0.4, -0.2) is 29.3 Å². The molecule has 0 unspecified atom stereocenters. The van der Waals surface area contributed by atoms with Crippen molar-refractivity contribution in [2.75, 3.05) is 13.2 Å². The van der Waals surface area contributed by atoms with Crippen LogP contribution in [0.4, 0.5) is 8.78 Å². The van der Waals surface area contributed by atoms with E-state index in [1.54, 1.807) is 6.07 Å². The van der Waals surface area contributed by atoms with Crippen LogP contribution >= 0.6 is 11.6 Å². The number of phenols is 1. The summed E-state index contributed by atoms with van der Waals surface area (Å²) >= 11 is 5.64. The van der Waals surface area contributed by atoms with Gasteiger partial charge in [0.2, 0.25) is 0 Å². The predicted molar refractivity (Wildman–Crippen MR) is 56.9 cm³/mol. The molecular weight excluding hydrogens is 240 g/mol. The minimum absolute atomic E-state index is 0.0499. The highest BCUT2D eigenvalue weighted by Crippen LogP contribution is 2.23. The number of aromatic hydroxyl groups is 1. The molecule has 0 aliphatic carbocycles. The van der Waals surface area contributed by atoms with E-state index in [1.165, 1.54) is 12.1 Å². The lowest BCUT2D eigenvalue weighted by Crippen LogP contribution is -2.35. The first kappa shape index (κ1) is 13.2. The summed E-state index contributed by atoms with van der Waals surface area (Å²) in [4.78, 5) is 0. The number of alkyl halides is 2. The van der Waals surface area contributed by atoms with Gasteiger partial charge in [-0.15, -0.1) is 0 Å². The van der Waals surface area contributed by atoms with E-state index in [0.717, 1.165) is 0 Å². The SMILES string of the molecule is OCC(F)(F)CNCc1ccc(O)c(Cl)c1. The molecule has 3 N–H and O–H groups in total. The van der Waals surface area contributed by atoms with Crippen LogP contribution in [0.3, 0.4) is 0 Å². The Morgan fingerprint density at radius 2 is 2.06 bits per heavy atom. The van der Waals surface area contributed by atoms with Gasteiger partial charge in [-0.3, -0.25) is 0 Å². The highest BCUT2D eigenvalue weighted by Gasteiger charge is 2.26. The van der Waals surface area contributed by atoms with Crippen molar-refractivity contribution < 1.29 is 19.0 Å². The fourth-order valence-electron chi connectivity index (χ4n) is 1.11. The van der Waals surface area contributed by atoms with Crippen molar-refractivity contribution in [1.29, 1.82) is 0 Å². The van der Waals surface area contributed by atoms with Crippen molar-refractivity contribution in [1.82, 2.24) is 5.32 Å². The molecule has 0 bridgehead atoms. The number of phenolic OH excluding ortho intramolecular Hbond substituents is 1. The lowest BCUT2D eigenvalue weighted by molar-refractivity contribution is -0.0477. The van der Waals surface area contributed by atoms with E-state index in [1.807, 2.05) is 0 Å². The molecule has 0 saturated heterocycles. The van der Waals surface area contributed by atoms with Crippen molar-refractivity contribution in [3.8, 4) is 5.75 Å². The Hall–Kier alpha value is -0.910. The zero-order valence-corrected chi connectivity index (χ0v) is 9.14. The third kappa shape index (κ3) is 3.92. The maximum atomic E-state index is 12.6. The van der Waals surface area contributed by atoms with Gasteiger partial charge in [-0.1, -0.05) is 17.7 Å². The number of aliphatic hydroxyl groups is 1. The Labute approximate surface area is 96.7 Å². The summed E-state index contributed by atoms with van der Waals surface area (Å²) in [5.41, 5.74) is 0.677. The first-order valence-electron chi connectivity index (χ1n) is 4.61. The first-order valence-corrected chi connectivity index (χ1v) is 4.99. The topological polar surface area (TPSA) is 52.5 Å². The molecular formula is C10H12ClF2NO2. The summed E-state index contributed by atoms with van der Waals surface area (Å²) in [5.74, 6) is -3.17. The largest absolute Gasteiger partial charge is 0.506 e. The van der Waals surface area contributed by atoms with Gasteiger partial charge in [0.05, 0.1) is 11.6 Å². The van der Waals surface area contributed by atoms with Gasteiger partial charge < -0.3 is 15.5 Å². The molecule has 16 heavy (non-hydrogen) atoms. The Balaban J connectivity index is 2.46. The van der Waals surface area contributed by atoms with Crippen molar-refractivity contribution in [3.63, 3.8) is 0 Å². The van der Waals surface area contributed by atoms with Gasteiger partial charge in [0.15, 0.2) is 0 Å². The number of aliphatic hydroxyl groups excluding tert-OH is 1. The number of hydrogen-bond donors (Lipinski definition) is 3. The van der Waals surface area contributed by atoms with Crippen LogP contribution in [-0.2, 0) is 6.54 Å². The fourth-order valence-corrected chi connectivity index (χ4v) is 1.31. The molecule has 0 aliphatic heterocycles. The van der Waals surface area contributed by atoms with Crippen LogP contribution in [0.15, 0.2) is 18.2 Å². The molecule has 6 heteroatoms. The smallest absolute Gasteiger partial charge is 0.282 e. The van der Waals surface area contributed by atoms with Gasteiger partial charge in [-0.2, -0.15) is 0 Å². The van der Waals surface area contributed by atoms with Gasteiger partial charge in [0, 0.05) is 6.54 Å². The molecule has 0 aromatic heterocycles. The Morgan fingerprint density at radius 1 is 1.38 bits per heavy atom. The number of rotatable bonds is 5. The molecule has 3 nitrogen and oxygen atoms in total. The summed E-state index contributed by atoms with van der Waals surface area (Å²) in [6.45, 7) is -1.60. The third-order valence-electron chi connectivity index (χ3n) is 1.96. The molecule has 0 atom stereocenters. The standard InChI is InChI=1S/C10H12ClF2NO2/c11-8-3-7(1-2-9(8)16)4-14-5-10(12,13)6-15/h1-3,14-16H,4-6H2.